The number of nitrogens with two attached hydrogens (primary N) is 1. The van der Waals surface area contributed by atoms with Gasteiger partial charge in [-0.3, -0.25) is 0 Å². The van der Waals surface area contributed by atoms with E-state index in [1.165, 1.54) is 12.8 Å². The molecule has 0 unspecified atom stereocenters. The maximum absolute atomic E-state index is 12.0. The molecule has 2 amide bonds. The molecule has 0 atom stereocenters. The first-order valence-electron chi connectivity index (χ1n) is 6.75. The second kappa shape index (κ2) is 6.43. The van der Waals surface area contributed by atoms with Crippen LogP contribution in [0.5, 0.6) is 0 Å². The molecule has 104 valence electrons. The van der Waals surface area contributed by atoms with Gasteiger partial charge in [0.1, 0.15) is 0 Å². The third-order valence-electron chi connectivity index (χ3n) is 3.46. The molecular weight excluding hydrogens is 240 g/mol. The topological polar surface area (TPSA) is 61.6 Å². The number of rotatable bonds is 4. The Morgan fingerprint density at radius 1 is 1.32 bits per heavy atom. The summed E-state index contributed by atoms with van der Waals surface area (Å²) >= 11 is 0. The average Bonchev–Trinajstić information content (AvgIpc) is 2.91. The fourth-order valence-electron chi connectivity index (χ4n) is 2.18. The van der Waals surface area contributed by atoms with E-state index in [0.717, 1.165) is 31.9 Å². The van der Waals surface area contributed by atoms with Crippen LogP contribution in [0.1, 0.15) is 12.8 Å². The lowest BCUT2D eigenvalue weighted by Crippen LogP contribution is -2.37. The van der Waals surface area contributed by atoms with Gasteiger partial charge in [0.15, 0.2) is 0 Å². The number of amides is 2. The molecule has 1 fully saturated rings. The number of likely N-dealkylation sites (tertiary alicyclic amines) is 1. The predicted octanol–water partition coefficient (Wildman–Crippen LogP) is 1.83. The summed E-state index contributed by atoms with van der Waals surface area (Å²) in [4.78, 5) is 16.1. The molecule has 1 saturated heterocycles. The van der Waals surface area contributed by atoms with Crippen molar-refractivity contribution < 1.29 is 4.79 Å². The van der Waals surface area contributed by atoms with Gasteiger partial charge in [-0.2, -0.15) is 0 Å². The lowest BCUT2D eigenvalue weighted by atomic mass is 10.3. The van der Waals surface area contributed by atoms with Crippen molar-refractivity contribution in [3.8, 4) is 0 Å². The molecule has 0 saturated carbocycles. The summed E-state index contributed by atoms with van der Waals surface area (Å²) in [5.41, 5.74) is 7.07. The van der Waals surface area contributed by atoms with Gasteiger partial charge in [-0.15, -0.1) is 0 Å². The van der Waals surface area contributed by atoms with Crippen molar-refractivity contribution in [1.29, 1.82) is 0 Å². The number of carbonyl (C=O) groups excluding carboxylic acids is 1. The highest BCUT2D eigenvalue weighted by atomic mass is 16.2. The Labute approximate surface area is 114 Å². The zero-order valence-corrected chi connectivity index (χ0v) is 11.4. The number of nitrogens with zero attached hydrogens (tertiary/aromatic N) is 2. The number of hydrogen-bond donors (Lipinski definition) is 2. The highest BCUT2D eigenvalue weighted by Gasteiger charge is 2.14. The molecule has 19 heavy (non-hydrogen) atoms. The number of likely N-dealkylation sites (N-methyl/N-ethyl adjacent to an activating group) is 1. The van der Waals surface area contributed by atoms with E-state index >= 15 is 0 Å². The summed E-state index contributed by atoms with van der Waals surface area (Å²) in [7, 11) is 1.82. The van der Waals surface area contributed by atoms with Crippen LogP contribution in [0.15, 0.2) is 24.3 Å². The van der Waals surface area contributed by atoms with E-state index in [1.807, 2.05) is 19.2 Å². The van der Waals surface area contributed by atoms with Gasteiger partial charge in [-0.1, -0.05) is 0 Å². The van der Waals surface area contributed by atoms with Crippen molar-refractivity contribution in [1.82, 2.24) is 9.80 Å². The Morgan fingerprint density at radius 2 is 1.95 bits per heavy atom. The SMILES string of the molecule is CN(CCN1CCCC1)C(=O)Nc1ccc(N)cc1. The molecule has 3 N–H and O–H groups in total. The Kier molecular flexibility index (Phi) is 4.63. The fourth-order valence-corrected chi connectivity index (χ4v) is 2.18. The monoisotopic (exact) mass is 262 g/mol. The molecule has 5 heteroatoms. The van der Waals surface area contributed by atoms with Crippen molar-refractivity contribution in [3.63, 3.8) is 0 Å². The number of urea groups is 1. The van der Waals surface area contributed by atoms with E-state index in [4.69, 9.17) is 5.73 Å². The van der Waals surface area contributed by atoms with Crippen LogP contribution in [0, 0.1) is 0 Å². The molecule has 1 aliphatic heterocycles. The van der Waals surface area contributed by atoms with Crippen LogP contribution in [0.2, 0.25) is 0 Å². The molecule has 0 bridgehead atoms. The molecular formula is C14H22N4O. The molecule has 0 aromatic heterocycles. The van der Waals surface area contributed by atoms with Gasteiger partial charge >= 0.3 is 6.03 Å². The van der Waals surface area contributed by atoms with Gasteiger partial charge < -0.3 is 20.9 Å². The van der Waals surface area contributed by atoms with Gasteiger partial charge in [-0.05, 0) is 50.2 Å². The lowest BCUT2D eigenvalue weighted by Gasteiger charge is -2.21. The second-order valence-corrected chi connectivity index (χ2v) is 5.02. The zero-order valence-electron chi connectivity index (χ0n) is 11.4. The van der Waals surface area contributed by atoms with Crippen LogP contribution in [0.25, 0.3) is 0 Å². The van der Waals surface area contributed by atoms with Crippen LogP contribution < -0.4 is 11.1 Å². The largest absolute Gasteiger partial charge is 0.399 e. The zero-order chi connectivity index (χ0) is 13.7. The van der Waals surface area contributed by atoms with Gasteiger partial charge in [0.25, 0.3) is 0 Å². The minimum absolute atomic E-state index is 0.0797. The number of hydrogen-bond acceptors (Lipinski definition) is 3. The quantitative estimate of drug-likeness (QED) is 0.814. The van der Waals surface area contributed by atoms with Gasteiger partial charge in [0.2, 0.25) is 0 Å². The third-order valence-corrected chi connectivity index (χ3v) is 3.46. The summed E-state index contributed by atoms with van der Waals surface area (Å²) in [6.07, 6.45) is 2.56. The van der Waals surface area contributed by atoms with Crippen molar-refractivity contribution in [2.45, 2.75) is 12.8 Å². The highest BCUT2D eigenvalue weighted by molar-refractivity contribution is 5.89. The Bertz CT molecular complexity index is 412. The predicted molar refractivity (Wildman–Crippen MR) is 78.2 cm³/mol. The van der Waals surface area contributed by atoms with E-state index in [9.17, 15) is 4.79 Å². The molecule has 0 spiro atoms. The van der Waals surface area contributed by atoms with Crippen molar-refractivity contribution >= 4 is 17.4 Å². The average molecular weight is 262 g/mol. The minimum atomic E-state index is -0.0797. The normalized spacial score (nSPS) is 15.4. The third kappa shape index (κ3) is 4.13. The van der Waals surface area contributed by atoms with Gasteiger partial charge in [0.05, 0.1) is 0 Å². The standard InChI is InChI=1S/C14H22N4O/c1-17(10-11-18-8-2-3-9-18)14(19)16-13-6-4-12(15)5-7-13/h4-7H,2-3,8-11,15H2,1H3,(H,16,19). The van der Waals surface area contributed by atoms with Gasteiger partial charge in [-0.25, -0.2) is 4.79 Å². The summed E-state index contributed by atoms with van der Waals surface area (Å²) in [5.74, 6) is 0. The van der Waals surface area contributed by atoms with Crippen LogP contribution in [0.3, 0.4) is 0 Å². The molecule has 1 aromatic rings. The van der Waals surface area contributed by atoms with E-state index < -0.39 is 0 Å². The summed E-state index contributed by atoms with van der Waals surface area (Å²) in [5, 5.41) is 2.86. The van der Waals surface area contributed by atoms with E-state index in [2.05, 4.69) is 10.2 Å². The van der Waals surface area contributed by atoms with Crippen molar-refractivity contribution in [2.24, 2.45) is 0 Å². The van der Waals surface area contributed by atoms with Crippen LogP contribution in [0.4, 0.5) is 16.2 Å². The van der Waals surface area contributed by atoms with E-state index in [0.29, 0.717) is 5.69 Å². The smallest absolute Gasteiger partial charge is 0.321 e. The van der Waals surface area contributed by atoms with Gasteiger partial charge in [0, 0.05) is 31.5 Å². The first kappa shape index (κ1) is 13.7. The molecule has 1 aliphatic rings. The number of nitrogens with one attached hydrogen (secondary N) is 1. The summed E-state index contributed by atoms with van der Waals surface area (Å²) in [6.45, 7) is 4.02. The minimum Gasteiger partial charge on any atom is -0.399 e. The van der Waals surface area contributed by atoms with Crippen LogP contribution in [-0.2, 0) is 0 Å². The maximum Gasteiger partial charge on any atom is 0.321 e. The summed E-state index contributed by atoms with van der Waals surface area (Å²) < 4.78 is 0. The van der Waals surface area contributed by atoms with E-state index in [-0.39, 0.29) is 6.03 Å². The van der Waals surface area contributed by atoms with Crippen molar-refractivity contribution in [3.05, 3.63) is 24.3 Å². The molecule has 0 aliphatic carbocycles. The first-order chi connectivity index (χ1) is 9.15. The molecule has 0 radical (unpaired) electrons. The second-order valence-electron chi connectivity index (χ2n) is 5.02. The molecule has 1 heterocycles. The number of carbonyl (C=O) groups is 1. The lowest BCUT2D eigenvalue weighted by molar-refractivity contribution is 0.213. The molecule has 5 nitrogen and oxygen atoms in total. The maximum atomic E-state index is 12.0. The van der Waals surface area contributed by atoms with Crippen LogP contribution >= 0.6 is 0 Å². The Morgan fingerprint density at radius 3 is 2.58 bits per heavy atom. The summed E-state index contributed by atoms with van der Waals surface area (Å²) in [6, 6.07) is 7.09. The fraction of sp³-hybridized carbons (Fsp3) is 0.500. The first-order valence-corrected chi connectivity index (χ1v) is 6.75. The Hall–Kier alpha value is -1.75. The van der Waals surface area contributed by atoms with Crippen molar-refractivity contribution in [2.75, 3.05) is 44.3 Å². The number of anilines is 2. The van der Waals surface area contributed by atoms with E-state index in [1.54, 1.807) is 17.0 Å². The molecule has 2 rings (SSSR count). The Balaban J connectivity index is 1.76. The number of nitrogen functional groups attached to an aromatic ring is 1. The highest BCUT2D eigenvalue weighted by Crippen LogP contribution is 2.11. The molecule has 1 aromatic carbocycles. The number of benzene rings is 1. The van der Waals surface area contributed by atoms with Crippen LogP contribution in [-0.4, -0.2) is 49.1 Å².